The van der Waals surface area contributed by atoms with Gasteiger partial charge in [-0.15, -0.1) is 0 Å². The van der Waals surface area contributed by atoms with Crippen LogP contribution in [0.1, 0.15) is 23.7 Å². The number of hydrogen-bond donors (Lipinski definition) is 0. The Hall–Kier alpha value is -3.00. The minimum absolute atomic E-state index is 1.05. The Kier molecular flexibility index (Phi) is 4.49. The lowest BCUT2D eigenvalue weighted by Gasteiger charge is -2.12. The number of aryl methyl sites for hydroxylation is 3. The normalized spacial score (nSPS) is 11.1. The summed E-state index contributed by atoms with van der Waals surface area (Å²) < 4.78 is 2.31. The summed E-state index contributed by atoms with van der Waals surface area (Å²) in [6, 6.07) is 19.9. The van der Waals surface area contributed by atoms with Gasteiger partial charge in [0.05, 0.1) is 5.39 Å². The highest BCUT2D eigenvalue weighted by molar-refractivity contribution is 5.96. The zero-order valence-electron chi connectivity index (χ0n) is 16.5. The second-order valence-corrected chi connectivity index (χ2v) is 7.24. The van der Waals surface area contributed by atoms with E-state index < -0.39 is 0 Å². The van der Waals surface area contributed by atoms with Crippen LogP contribution in [0, 0.1) is 13.8 Å². The van der Waals surface area contributed by atoms with Crippen molar-refractivity contribution in [3.05, 3.63) is 83.8 Å². The van der Waals surface area contributed by atoms with E-state index in [4.69, 9.17) is 0 Å². The quantitative estimate of drug-likeness (QED) is 0.440. The number of fused-ring (bicyclic) bond motifs is 1. The first-order chi connectivity index (χ1) is 13.1. The Morgan fingerprint density at radius 1 is 0.926 bits per heavy atom. The topological polar surface area (TPSA) is 16.8 Å². The second-order valence-electron chi connectivity index (χ2n) is 7.24. The lowest BCUT2D eigenvalue weighted by molar-refractivity contribution is -0.665. The summed E-state index contributed by atoms with van der Waals surface area (Å²) in [5.41, 5.74) is 8.89. The highest BCUT2D eigenvalue weighted by Gasteiger charge is 2.20. The van der Waals surface area contributed by atoms with Gasteiger partial charge in [0.2, 0.25) is 5.69 Å². The summed E-state index contributed by atoms with van der Waals surface area (Å²) in [6.07, 6.45) is 4.79. The molecule has 0 spiro atoms. The molecule has 0 radical (unpaired) electrons. The zero-order chi connectivity index (χ0) is 19.0. The lowest BCUT2D eigenvalue weighted by Crippen LogP contribution is -2.35. The molecule has 0 saturated carbocycles. The highest BCUT2D eigenvalue weighted by Crippen LogP contribution is 2.32. The fourth-order valence-corrected chi connectivity index (χ4v) is 3.76. The maximum absolute atomic E-state index is 4.26. The van der Waals surface area contributed by atoms with Crippen LogP contribution < -0.4 is 4.57 Å². The van der Waals surface area contributed by atoms with Crippen LogP contribution in [0.25, 0.3) is 33.2 Å². The van der Waals surface area contributed by atoms with Crippen molar-refractivity contribution < 1.29 is 4.57 Å². The predicted molar refractivity (Wildman–Crippen MR) is 113 cm³/mol. The fourth-order valence-electron chi connectivity index (χ4n) is 3.76. The molecule has 134 valence electrons. The van der Waals surface area contributed by atoms with Gasteiger partial charge in [-0.25, -0.2) is 0 Å². The van der Waals surface area contributed by atoms with E-state index in [-0.39, 0.29) is 0 Å². The number of hydrogen-bond acceptors (Lipinski definition) is 1. The molecule has 27 heavy (non-hydrogen) atoms. The fraction of sp³-hybridized carbons (Fsp3) is 0.200. The molecule has 4 aromatic rings. The van der Waals surface area contributed by atoms with Crippen LogP contribution in [0.15, 0.2) is 67.0 Å². The number of rotatable bonds is 3. The second kappa shape index (κ2) is 6.96. The average Bonchev–Trinajstić information content (AvgIpc) is 2.70. The van der Waals surface area contributed by atoms with E-state index in [1.54, 1.807) is 0 Å². The smallest absolute Gasteiger partial charge is 0.220 e. The van der Waals surface area contributed by atoms with Crippen molar-refractivity contribution in [1.29, 1.82) is 0 Å². The molecule has 0 aliphatic heterocycles. The third-order valence-corrected chi connectivity index (χ3v) is 5.50. The van der Waals surface area contributed by atoms with Gasteiger partial charge in [-0.05, 0) is 59.7 Å². The molecular weight excluding hydrogens is 328 g/mol. The molecule has 2 heterocycles. The molecule has 0 fully saturated rings. The van der Waals surface area contributed by atoms with Gasteiger partial charge in [-0.3, -0.25) is 4.98 Å². The first-order valence-electron chi connectivity index (χ1n) is 9.52. The van der Waals surface area contributed by atoms with Gasteiger partial charge in [0.15, 0.2) is 5.69 Å². The summed E-state index contributed by atoms with van der Waals surface area (Å²) >= 11 is 0. The summed E-state index contributed by atoms with van der Waals surface area (Å²) in [4.78, 5) is 4.26. The molecule has 4 rings (SSSR count). The van der Waals surface area contributed by atoms with Gasteiger partial charge in [0.25, 0.3) is 0 Å². The Bertz CT molecular complexity index is 1130. The minimum Gasteiger partial charge on any atom is -0.264 e. The molecular formula is C25H25N2+. The molecule has 0 saturated heterocycles. The van der Waals surface area contributed by atoms with Crippen molar-refractivity contribution in [2.24, 2.45) is 7.05 Å². The van der Waals surface area contributed by atoms with E-state index in [9.17, 15) is 0 Å². The largest absolute Gasteiger partial charge is 0.264 e. The third kappa shape index (κ3) is 3.12. The minimum atomic E-state index is 1.05. The van der Waals surface area contributed by atoms with Crippen molar-refractivity contribution >= 4 is 10.8 Å². The Balaban J connectivity index is 2.00. The van der Waals surface area contributed by atoms with Crippen molar-refractivity contribution in [3.8, 4) is 22.4 Å². The maximum Gasteiger partial charge on any atom is 0.220 e. The molecule has 0 N–H and O–H groups in total. The lowest BCUT2D eigenvalue weighted by atomic mass is 9.94. The van der Waals surface area contributed by atoms with Crippen LogP contribution in [-0.2, 0) is 13.5 Å². The van der Waals surface area contributed by atoms with E-state index in [1.807, 2.05) is 18.5 Å². The molecule has 0 bridgehead atoms. The van der Waals surface area contributed by atoms with Crippen molar-refractivity contribution in [3.63, 3.8) is 0 Å². The van der Waals surface area contributed by atoms with Crippen LogP contribution >= 0.6 is 0 Å². The van der Waals surface area contributed by atoms with Gasteiger partial charge in [0.1, 0.15) is 7.05 Å². The van der Waals surface area contributed by atoms with E-state index in [2.05, 4.69) is 85.9 Å². The van der Waals surface area contributed by atoms with Gasteiger partial charge in [-0.1, -0.05) is 31.2 Å². The molecule has 0 amide bonds. The zero-order valence-corrected chi connectivity index (χ0v) is 16.5. The highest BCUT2D eigenvalue weighted by atomic mass is 14.9. The number of nitrogens with zero attached hydrogens (tertiary/aromatic N) is 2. The first kappa shape index (κ1) is 17.4. The standard InChI is InChI=1S/C25H25N2/c1-5-19-9-8-17(2)24(14-19)25-23-11-10-20(21-7-6-12-26-16-21)15-22(23)13-18(3)27(25)4/h6-16H,5H2,1-4H3/q+1. The van der Waals surface area contributed by atoms with E-state index in [0.29, 0.717) is 0 Å². The van der Waals surface area contributed by atoms with Crippen molar-refractivity contribution in [2.45, 2.75) is 27.2 Å². The van der Waals surface area contributed by atoms with E-state index in [0.717, 1.165) is 12.0 Å². The van der Waals surface area contributed by atoms with Crippen molar-refractivity contribution in [2.75, 3.05) is 0 Å². The molecule has 2 aromatic heterocycles. The molecule has 2 nitrogen and oxygen atoms in total. The number of benzene rings is 2. The van der Waals surface area contributed by atoms with Gasteiger partial charge >= 0.3 is 0 Å². The van der Waals surface area contributed by atoms with Gasteiger partial charge in [0, 0.05) is 36.5 Å². The van der Waals surface area contributed by atoms with Crippen molar-refractivity contribution in [1.82, 2.24) is 4.98 Å². The molecule has 0 atom stereocenters. The van der Waals surface area contributed by atoms with Crippen LogP contribution in [0.3, 0.4) is 0 Å². The summed E-state index contributed by atoms with van der Waals surface area (Å²) in [7, 11) is 2.16. The molecule has 0 aliphatic rings. The van der Waals surface area contributed by atoms with Crippen LogP contribution in [0.2, 0.25) is 0 Å². The molecule has 2 heteroatoms. The Labute approximate surface area is 161 Å². The summed E-state index contributed by atoms with van der Waals surface area (Å²) in [6.45, 7) is 6.59. The first-order valence-corrected chi connectivity index (χ1v) is 9.52. The maximum atomic E-state index is 4.26. The molecule has 0 aliphatic carbocycles. The van der Waals surface area contributed by atoms with Crippen LogP contribution in [-0.4, -0.2) is 4.98 Å². The molecule has 0 unspecified atom stereocenters. The summed E-state index contributed by atoms with van der Waals surface area (Å²) in [5.74, 6) is 0. The average molecular weight is 353 g/mol. The monoisotopic (exact) mass is 353 g/mol. The number of pyridine rings is 2. The molecule has 2 aromatic carbocycles. The SMILES string of the molecule is CCc1ccc(C)c(-c2c3ccc(-c4cccnc4)cc3cc(C)[n+]2C)c1. The van der Waals surface area contributed by atoms with Gasteiger partial charge in [-0.2, -0.15) is 4.57 Å². The van der Waals surface area contributed by atoms with Crippen LogP contribution in [0.5, 0.6) is 0 Å². The Morgan fingerprint density at radius 3 is 2.52 bits per heavy atom. The van der Waals surface area contributed by atoms with Gasteiger partial charge < -0.3 is 0 Å². The van der Waals surface area contributed by atoms with E-state index in [1.165, 1.54) is 44.4 Å². The third-order valence-electron chi connectivity index (χ3n) is 5.50. The Morgan fingerprint density at radius 2 is 1.78 bits per heavy atom. The summed E-state index contributed by atoms with van der Waals surface area (Å²) in [5, 5.41) is 2.55. The van der Waals surface area contributed by atoms with E-state index >= 15 is 0 Å². The number of aromatic nitrogens is 2. The van der Waals surface area contributed by atoms with Crippen LogP contribution in [0.4, 0.5) is 0 Å². The predicted octanol–water partition coefficient (Wildman–Crippen LogP) is 5.57.